The number of aromatic nitrogens is 3. The minimum Gasteiger partial charge on any atom is -0.465 e. The van der Waals surface area contributed by atoms with Crippen LogP contribution in [-0.4, -0.2) is 46.3 Å². The van der Waals surface area contributed by atoms with Gasteiger partial charge in [-0.3, -0.25) is 4.98 Å². The van der Waals surface area contributed by atoms with Crippen LogP contribution in [-0.2, 0) is 4.74 Å². The minimum absolute atomic E-state index is 0.0920. The minimum atomic E-state index is -0.385. The number of aliphatic hydroxyl groups is 1. The molecule has 0 aliphatic heterocycles. The van der Waals surface area contributed by atoms with Gasteiger partial charge < -0.3 is 20.5 Å². The molecule has 144 valence electrons. The van der Waals surface area contributed by atoms with Crippen molar-refractivity contribution in [2.75, 3.05) is 30.9 Å². The number of anilines is 3. The smallest absolute Gasteiger partial charge is 0.337 e. The Balaban J connectivity index is 1.86. The second kappa shape index (κ2) is 9.43. The normalized spacial score (nSPS) is 10.4. The summed E-state index contributed by atoms with van der Waals surface area (Å²) in [4.78, 5) is 24.6. The molecule has 3 rings (SSSR count). The maximum atomic E-state index is 11.6. The highest BCUT2D eigenvalue weighted by molar-refractivity contribution is 5.89. The Morgan fingerprint density at radius 1 is 1.11 bits per heavy atom. The lowest BCUT2D eigenvalue weighted by Crippen LogP contribution is -2.09. The number of pyridine rings is 1. The zero-order valence-electron chi connectivity index (χ0n) is 15.4. The highest BCUT2D eigenvalue weighted by Crippen LogP contribution is 2.23. The predicted octanol–water partition coefficient (Wildman–Crippen LogP) is 2.86. The molecular weight excluding hydrogens is 358 g/mol. The van der Waals surface area contributed by atoms with Crippen molar-refractivity contribution in [3.05, 3.63) is 60.4 Å². The summed E-state index contributed by atoms with van der Waals surface area (Å²) in [6.45, 7) is 0.651. The van der Waals surface area contributed by atoms with Crippen LogP contribution in [0.4, 0.5) is 17.5 Å². The molecule has 0 bridgehead atoms. The third-order valence-electron chi connectivity index (χ3n) is 3.90. The molecule has 8 nitrogen and oxygen atoms in total. The zero-order chi connectivity index (χ0) is 19.8. The topological polar surface area (TPSA) is 109 Å². The van der Waals surface area contributed by atoms with Gasteiger partial charge in [-0.2, -0.15) is 4.98 Å². The predicted molar refractivity (Wildman–Crippen MR) is 107 cm³/mol. The van der Waals surface area contributed by atoms with Crippen LogP contribution >= 0.6 is 0 Å². The average molecular weight is 379 g/mol. The third-order valence-corrected chi connectivity index (χ3v) is 3.90. The number of benzene rings is 1. The molecule has 0 amide bonds. The van der Waals surface area contributed by atoms with Gasteiger partial charge in [-0.05, 0) is 42.8 Å². The summed E-state index contributed by atoms with van der Waals surface area (Å²) >= 11 is 0. The van der Waals surface area contributed by atoms with Gasteiger partial charge in [0.25, 0.3) is 0 Å². The van der Waals surface area contributed by atoms with E-state index in [2.05, 4.69) is 25.6 Å². The summed E-state index contributed by atoms with van der Waals surface area (Å²) in [6, 6.07) is 12.5. The first-order chi connectivity index (χ1) is 13.7. The molecule has 28 heavy (non-hydrogen) atoms. The number of ether oxygens (including phenoxy) is 1. The fourth-order valence-corrected chi connectivity index (χ4v) is 2.50. The Labute approximate surface area is 162 Å². The highest BCUT2D eigenvalue weighted by Gasteiger charge is 2.09. The van der Waals surface area contributed by atoms with E-state index in [1.807, 2.05) is 18.2 Å². The first-order valence-electron chi connectivity index (χ1n) is 8.79. The lowest BCUT2D eigenvalue weighted by molar-refractivity contribution is 0.0601. The van der Waals surface area contributed by atoms with E-state index in [4.69, 9.17) is 9.84 Å². The molecule has 0 aliphatic carbocycles. The standard InChI is InChI=1S/C20H21N5O3/c1-28-19(27)15-3-5-16(6-4-15)23-18-13-17(14-7-10-21-11-8-14)24-20(25-18)22-9-2-12-26/h3-8,10-11,13,26H,2,9,12H2,1H3,(H2,22,23,24,25). The van der Waals surface area contributed by atoms with Crippen LogP contribution in [0.5, 0.6) is 0 Å². The van der Waals surface area contributed by atoms with Gasteiger partial charge in [0.15, 0.2) is 0 Å². The van der Waals surface area contributed by atoms with Crippen molar-refractivity contribution in [3.8, 4) is 11.3 Å². The second-order valence-electron chi connectivity index (χ2n) is 5.90. The van der Waals surface area contributed by atoms with E-state index in [0.717, 1.165) is 16.9 Å². The second-order valence-corrected chi connectivity index (χ2v) is 5.90. The molecular formula is C20H21N5O3. The summed E-state index contributed by atoms with van der Waals surface area (Å²) in [6.07, 6.45) is 4.00. The van der Waals surface area contributed by atoms with E-state index in [9.17, 15) is 4.79 Å². The van der Waals surface area contributed by atoms with Crippen molar-refractivity contribution >= 4 is 23.4 Å². The fourth-order valence-electron chi connectivity index (χ4n) is 2.50. The summed E-state index contributed by atoms with van der Waals surface area (Å²) in [5.74, 6) is 0.666. The molecule has 3 aromatic rings. The number of nitrogens with zero attached hydrogens (tertiary/aromatic N) is 3. The van der Waals surface area contributed by atoms with E-state index >= 15 is 0 Å². The van der Waals surface area contributed by atoms with Crippen molar-refractivity contribution in [1.82, 2.24) is 15.0 Å². The van der Waals surface area contributed by atoms with Gasteiger partial charge in [0.2, 0.25) is 5.95 Å². The van der Waals surface area contributed by atoms with Crippen molar-refractivity contribution in [2.45, 2.75) is 6.42 Å². The quantitative estimate of drug-likeness (QED) is 0.405. The molecule has 0 fully saturated rings. The summed E-state index contributed by atoms with van der Waals surface area (Å²) in [5, 5.41) is 15.3. The van der Waals surface area contributed by atoms with Crippen molar-refractivity contribution in [1.29, 1.82) is 0 Å². The van der Waals surface area contributed by atoms with Gasteiger partial charge >= 0.3 is 5.97 Å². The lowest BCUT2D eigenvalue weighted by Gasteiger charge is -2.11. The van der Waals surface area contributed by atoms with E-state index in [1.165, 1.54) is 7.11 Å². The molecule has 3 N–H and O–H groups in total. The fraction of sp³-hybridized carbons (Fsp3) is 0.200. The molecule has 0 saturated heterocycles. The Bertz CT molecular complexity index is 917. The maximum absolute atomic E-state index is 11.6. The molecule has 0 aliphatic rings. The van der Waals surface area contributed by atoms with Crippen molar-refractivity contribution < 1.29 is 14.6 Å². The third kappa shape index (κ3) is 5.01. The van der Waals surface area contributed by atoms with Crippen LogP contribution in [0.25, 0.3) is 11.3 Å². The summed E-state index contributed by atoms with van der Waals surface area (Å²) in [5.41, 5.74) is 2.89. The lowest BCUT2D eigenvalue weighted by atomic mass is 10.2. The summed E-state index contributed by atoms with van der Waals surface area (Å²) < 4.78 is 4.71. The average Bonchev–Trinajstić information content (AvgIpc) is 2.74. The zero-order valence-corrected chi connectivity index (χ0v) is 15.4. The Morgan fingerprint density at radius 3 is 2.54 bits per heavy atom. The van der Waals surface area contributed by atoms with E-state index in [0.29, 0.717) is 30.3 Å². The van der Waals surface area contributed by atoms with Gasteiger partial charge in [0, 0.05) is 42.9 Å². The molecule has 0 radical (unpaired) electrons. The summed E-state index contributed by atoms with van der Waals surface area (Å²) in [7, 11) is 1.35. The molecule has 8 heteroatoms. The van der Waals surface area contributed by atoms with Crippen LogP contribution in [0.2, 0.25) is 0 Å². The van der Waals surface area contributed by atoms with E-state index in [1.54, 1.807) is 36.7 Å². The van der Waals surface area contributed by atoms with Crippen LogP contribution in [0.1, 0.15) is 16.8 Å². The first-order valence-corrected chi connectivity index (χ1v) is 8.79. The number of carbonyl (C=O) groups excluding carboxylic acids is 1. The number of rotatable bonds is 8. The Kier molecular flexibility index (Phi) is 6.48. The number of hydrogen-bond acceptors (Lipinski definition) is 8. The Hall–Kier alpha value is -3.52. The van der Waals surface area contributed by atoms with Crippen LogP contribution in [0.15, 0.2) is 54.9 Å². The molecule has 0 atom stereocenters. The molecule has 0 unspecified atom stereocenters. The van der Waals surface area contributed by atoms with Crippen LogP contribution < -0.4 is 10.6 Å². The number of nitrogens with one attached hydrogen (secondary N) is 2. The first kappa shape index (κ1) is 19.2. The molecule has 0 spiro atoms. The number of esters is 1. The Morgan fingerprint density at radius 2 is 1.86 bits per heavy atom. The number of carbonyl (C=O) groups is 1. The molecule has 2 aromatic heterocycles. The SMILES string of the molecule is COC(=O)c1ccc(Nc2cc(-c3ccncc3)nc(NCCCO)n2)cc1. The van der Waals surface area contributed by atoms with Crippen molar-refractivity contribution in [2.24, 2.45) is 0 Å². The van der Waals surface area contributed by atoms with Gasteiger partial charge in [0.1, 0.15) is 5.82 Å². The van der Waals surface area contributed by atoms with E-state index in [-0.39, 0.29) is 12.6 Å². The van der Waals surface area contributed by atoms with Gasteiger partial charge in [-0.1, -0.05) is 0 Å². The van der Waals surface area contributed by atoms with Gasteiger partial charge in [-0.25, -0.2) is 9.78 Å². The number of hydrogen-bond donors (Lipinski definition) is 3. The number of methoxy groups -OCH3 is 1. The molecule has 2 heterocycles. The van der Waals surface area contributed by atoms with E-state index < -0.39 is 0 Å². The van der Waals surface area contributed by atoms with Crippen LogP contribution in [0.3, 0.4) is 0 Å². The molecule has 1 aromatic carbocycles. The van der Waals surface area contributed by atoms with Crippen LogP contribution in [0, 0.1) is 0 Å². The monoisotopic (exact) mass is 379 g/mol. The molecule has 0 saturated carbocycles. The largest absolute Gasteiger partial charge is 0.465 e. The van der Waals surface area contributed by atoms with Gasteiger partial charge in [-0.15, -0.1) is 0 Å². The maximum Gasteiger partial charge on any atom is 0.337 e. The van der Waals surface area contributed by atoms with Crippen molar-refractivity contribution in [3.63, 3.8) is 0 Å². The van der Waals surface area contributed by atoms with Gasteiger partial charge in [0.05, 0.1) is 18.4 Å². The number of aliphatic hydroxyl groups excluding tert-OH is 1. The highest BCUT2D eigenvalue weighted by atomic mass is 16.5.